The molecule has 0 aromatic heterocycles. The molecule has 1 aliphatic rings. The molecule has 0 bridgehead atoms. The van der Waals surface area contributed by atoms with Crippen LogP contribution >= 0.6 is 0 Å². The molecule has 156 valence electrons. The number of nitrogens with one attached hydrogen (secondary N) is 1. The first-order valence-electron chi connectivity index (χ1n) is 10.1. The van der Waals surface area contributed by atoms with Gasteiger partial charge in [0.1, 0.15) is 0 Å². The van der Waals surface area contributed by atoms with E-state index in [4.69, 9.17) is 15.2 Å². The summed E-state index contributed by atoms with van der Waals surface area (Å²) in [7, 11) is 3.11. The third-order valence-electron chi connectivity index (χ3n) is 5.73. The molecule has 1 heterocycles. The summed E-state index contributed by atoms with van der Waals surface area (Å²) in [6, 6.07) is 9.93. The van der Waals surface area contributed by atoms with Crippen LogP contribution in [0.5, 0.6) is 11.5 Å². The van der Waals surface area contributed by atoms with Crippen molar-refractivity contribution in [3.05, 3.63) is 41.5 Å². The zero-order valence-corrected chi connectivity index (χ0v) is 17.9. The fourth-order valence-corrected chi connectivity index (χ4v) is 4.17. The summed E-state index contributed by atoms with van der Waals surface area (Å²) in [6.07, 6.45) is 3.58. The largest absolute Gasteiger partial charge is 0.493 e. The molecule has 0 aliphatic carbocycles. The number of nitrogens with zero attached hydrogens (tertiary/aromatic N) is 1. The van der Waals surface area contributed by atoms with E-state index in [9.17, 15) is 4.79 Å². The van der Waals surface area contributed by atoms with E-state index in [0.29, 0.717) is 40.5 Å². The summed E-state index contributed by atoms with van der Waals surface area (Å²) < 4.78 is 10.5. The van der Waals surface area contributed by atoms with Crippen LogP contribution < -0.4 is 25.4 Å². The number of carbonyl (C=O) groups excluding carboxylic acids is 1. The van der Waals surface area contributed by atoms with Crippen molar-refractivity contribution in [3.63, 3.8) is 0 Å². The van der Waals surface area contributed by atoms with Crippen LogP contribution in [0.15, 0.2) is 30.3 Å². The zero-order valence-electron chi connectivity index (χ0n) is 17.9. The van der Waals surface area contributed by atoms with Crippen molar-refractivity contribution in [3.8, 4) is 11.5 Å². The van der Waals surface area contributed by atoms with E-state index < -0.39 is 0 Å². The number of hydrogen-bond acceptors (Lipinski definition) is 5. The number of piperidine rings is 1. The van der Waals surface area contributed by atoms with Gasteiger partial charge in [-0.15, -0.1) is 0 Å². The lowest BCUT2D eigenvalue weighted by atomic mass is 9.95. The monoisotopic (exact) mass is 397 g/mol. The summed E-state index contributed by atoms with van der Waals surface area (Å²) in [5.74, 6) is 0.843. The molecule has 6 nitrogen and oxygen atoms in total. The second kappa shape index (κ2) is 8.64. The topological polar surface area (TPSA) is 76.8 Å². The molecule has 0 spiro atoms. The quantitative estimate of drug-likeness (QED) is 0.720. The second-order valence-electron chi connectivity index (χ2n) is 7.79. The number of aryl methyl sites for hydroxylation is 1. The number of rotatable bonds is 5. The Morgan fingerprint density at radius 2 is 1.72 bits per heavy atom. The van der Waals surface area contributed by atoms with Crippen molar-refractivity contribution >= 4 is 23.0 Å². The molecule has 6 heteroatoms. The molecule has 1 fully saturated rings. The number of benzene rings is 2. The predicted octanol–water partition coefficient (Wildman–Crippen LogP) is 4.61. The van der Waals surface area contributed by atoms with Gasteiger partial charge in [0.05, 0.1) is 25.6 Å². The molecule has 0 unspecified atom stereocenters. The van der Waals surface area contributed by atoms with Crippen molar-refractivity contribution in [1.82, 2.24) is 0 Å². The Balaban J connectivity index is 1.90. The number of nitrogen functional groups attached to an aromatic ring is 1. The number of amides is 1. The van der Waals surface area contributed by atoms with E-state index in [0.717, 1.165) is 11.3 Å². The summed E-state index contributed by atoms with van der Waals surface area (Å²) in [4.78, 5) is 15.3. The number of methoxy groups -OCH3 is 2. The summed E-state index contributed by atoms with van der Waals surface area (Å²) in [5.41, 5.74) is 10.1. The SMILES string of the molecule is COc1ccc(C(=O)Nc2cc(N3[C@H](C)CCC[C@@H]3C)c(C)cc2N)cc1OC. The van der Waals surface area contributed by atoms with Crippen LogP contribution in [0.1, 0.15) is 49.0 Å². The molecule has 0 radical (unpaired) electrons. The van der Waals surface area contributed by atoms with Crippen molar-refractivity contribution in [2.75, 3.05) is 30.2 Å². The smallest absolute Gasteiger partial charge is 0.255 e. The predicted molar refractivity (Wildman–Crippen MR) is 118 cm³/mol. The van der Waals surface area contributed by atoms with Gasteiger partial charge in [0, 0.05) is 23.3 Å². The molecule has 2 aromatic rings. The maximum absolute atomic E-state index is 12.9. The Hall–Kier alpha value is -2.89. The molecule has 0 saturated carbocycles. The standard InChI is InChI=1S/C23H31N3O3/c1-14-11-18(24)19(13-20(14)26-15(2)7-6-8-16(26)3)25-23(27)17-9-10-21(28-4)22(12-17)29-5/h9-13,15-16H,6-8,24H2,1-5H3,(H,25,27)/t15-,16+. The van der Waals surface area contributed by atoms with E-state index in [2.05, 4.69) is 31.0 Å². The van der Waals surface area contributed by atoms with Crippen LogP contribution in [0.3, 0.4) is 0 Å². The normalized spacial score (nSPS) is 19.0. The Bertz CT molecular complexity index is 887. The van der Waals surface area contributed by atoms with Gasteiger partial charge >= 0.3 is 0 Å². The van der Waals surface area contributed by atoms with Crippen LogP contribution in [-0.4, -0.2) is 32.2 Å². The summed E-state index contributed by atoms with van der Waals surface area (Å²) >= 11 is 0. The van der Waals surface area contributed by atoms with Crippen molar-refractivity contribution in [1.29, 1.82) is 0 Å². The first-order valence-corrected chi connectivity index (χ1v) is 10.1. The van der Waals surface area contributed by atoms with Gasteiger partial charge in [0.15, 0.2) is 11.5 Å². The maximum Gasteiger partial charge on any atom is 0.255 e. The Kier molecular flexibility index (Phi) is 6.20. The fraction of sp³-hybridized carbons (Fsp3) is 0.435. The fourth-order valence-electron chi connectivity index (χ4n) is 4.17. The summed E-state index contributed by atoms with van der Waals surface area (Å²) in [6.45, 7) is 6.58. The Morgan fingerprint density at radius 1 is 1.07 bits per heavy atom. The van der Waals surface area contributed by atoms with Crippen LogP contribution in [-0.2, 0) is 0 Å². The number of hydrogen-bond donors (Lipinski definition) is 2. The minimum Gasteiger partial charge on any atom is -0.493 e. The second-order valence-corrected chi connectivity index (χ2v) is 7.79. The molecular weight excluding hydrogens is 366 g/mol. The van der Waals surface area contributed by atoms with E-state index in [1.54, 1.807) is 32.4 Å². The van der Waals surface area contributed by atoms with Crippen molar-refractivity contribution in [2.24, 2.45) is 0 Å². The van der Waals surface area contributed by atoms with Gasteiger partial charge in [-0.25, -0.2) is 0 Å². The molecule has 3 N–H and O–H groups in total. The molecule has 1 amide bonds. The third kappa shape index (κ3) is 4.26. The average molecular weight is 398 g/mol. The minimum absolute atomic E-state index is 0.243. The van der Waals surface area contributed by atoms with Crippen LogP contribution in [0, 0.1) is 6.92 Å². The van der Waals surface area contributed by atoms with E-state index in [1.807, 2.05) is 12.1 Å². The van der Waals surface area contributed by atoms with Crippen LogP contribution in [0.25, 0.3) is 0 Å². The highest BCUT2D eigenvalue weighted by molar-refractivity contribution is 6.06. The van der Waals surface area contributed by atoms with E-state index in [-0.39, 0.29) is 5.91 Å². The van der Waals surface area contributed by atoms with Gasteiger partial charge in [-0.05, 0) is 75.9 Å². The maximum atomic E-state index is 12.9. The van der Waals surface area contributed by atoms with E-state index >= 15 is 0 Å². The number of ether oxygens (including phenoxy) is 2. The highest BCUT2D eigenvalue weighted by Gasteiger charge is 2.26. The molecular formula is C23H31N3O3. The van der Waals surface area contributed by atoms with Gasteiger partial charge in [-0.2, -0.15) is 0 Å². The molecule has 2 atom stereocenters. The van der Waals surface area contributed by atoms with Gasteiger partial charge in [0.25, 0.3) is 5.91 Å². The zero-order chi connectivity index (χ0) is 21.1. The van der Waals surface area contributed by atoms with Crippen molar-refractivity contribution in [2.45, 2.75) is 52.1 Å². The lowest BCUT2D eigenvalue weighted by molar-refractivity contribution is 0.102. The number of carbonyl (C=O) groups is 1. The highest BCUT2D eigenvalue weighted by atomic mass is 16.5. The van der Waals surface area contributed by atoms with Gasteiger partial charge < -0.3 is 25.4 Å². The third-order valence-corrected chi connectivity index (χ3v) is 5.73. The van der Waals surface area contributed by atoms with Crippen LogP contribution in [0.4, 0.5) is 17.1 Å². The summed E-state index contributed by atoms with van der Waals surface area (Å²) in [5, 5.41) is 2.96. The van der Waals surface area contributed by atoms with Gasteiger partial charge in [-0.1, -0.05) is 0 Å². The average Bonchev–Trinajstić information content (AvgIpc) is 2.70. The number of nitrogens with two attached hydrogens (primary N) is 1. The number of anilines is 3. The molecule has 2 aromatic carbocycles. The Morgan fingerprint density at radius 3 is 2.34 bits per heavy atom. The lowest BCUT2D eigenvalue weighted by Crippen LogP contribution is -2.44. The lowest BCUT2D eigenvalue weighted by Gasteiger charge is -2.42. The highest BCUT2D eigenvalue weighted by Crippen LogP contribution is 2.36. The van der Waals surface area contributed by atoms with E-state index in [1.165, 1.54) is 19.3 Å². The Labute approximate surface area is 173 Å². The molecule has 1 saturated heterocycles. The van der Waals surface area contributed by atoms with Crippen molar-refractivity contribution < 1.29 is 14.3 Å². The molecule has 29 heavy (non-hydrogen) atoms. The van der Waals surface area contributed by atoms with Gasteiger partial charge in [0.2, 0.25) is 0 Å². The molecule has 3 rings (SSSR count). The van der Waals surface area contributed by atoms with Gasteiger partial charge in [-0.3, -0.25) is 4.79 Å². The first kappa shape index (κ1) is 20.8. The minimum atomic E-state index is -0.243. The van der Waals surface area contributed by atoms with Crippen LogP contribution in [0.2, 0.25) is 0 Å². The first-order chi connectivity index (χ1) is 13.8. The molecule has 1 aliphatic heterocycles.